The van der Waals surface area contributed by atoms with Crippen LogP contribution in [0.2, 0.25) is 0 Å². The van der Waals surface area contributed by atoms with Crippen LogP contribution in [0.3, 0.4) is 0 Å². The molecular weight excluding hydrogens is 454 g/mol. The van der Waals surface area contributed by atoms with Gasteiger partial charge in [0.1, 0.15) is 5.82 Å². The third-order valence-corrected chi connectivity index (χ3v) is 6.09. The first-order chi connectivity index (χ1) is 16.9. The van der Waals surface area contributed by atoms with Crippen LogP contribution >= 0.6 is 0 Å². The molecule has 0 amide bonds. The van der Waals surface area contributed by atoms with E-state index in [0.717, 1.165) is 48.4 Å². The fraction of sp³-hybridized carbons (Fsp3) is 0.276. The van der Waals surface area contributed by atoms with Crippen molar-refractivity contribution in [3.8, 4) is 5.75 Å². The lowest BCUT2D eigenvalue weighted by molar-refractivity contribution is -0.0522. The molecule has 0 N–H and O–H groups in total. The topological polar surface area (TPSA) is 22.1 Å². The van der Waals surface area contributed by atoms with Gasteiger partial charge >= 0.3 is 6.61 Å². The Morgan fingerprint density at radius 3 is 2.23 bits per heavy atom. The van der Waals surface area contributed by atoms with Gasteiger partial charge in [-0.25, -0.2) is 8.78 Å². The molecule has 0 saturated heterocycles. The molecule has 0 aliphatic heterocycles. The lowest BCUT2D eigenvalue weighted by Crippen LogP contribution is -2.04. The molecule has 182 valence electrons. The summed E-state index contributed by atoms with van der Waals surface area (Å²) in [7, 11) is 0. The summed E-state index contributed by atoms with van der Waals surface area (Å²) >= 11 is 0. The molecule has 0 radical (unpaired) electrons. The second-order valence-electron chi connectivity index (χ2n) is 8.65. The van der Waals surface area contributed by atoms with Crippen molar-refractivity contribution in [1.82, 2.24) is 4.98 Å². The van der Waals surface area contributed by atoms with E-state index in [1.807, 2.05) is 24.4 Å². The molecule has 0 aliphatic rings. The van der Waals surface area contributed by atoms with E-state index in [2.05, 4.69) is 28.8 Å². The highest BCUT2D eigenvalue weighted by Gasteiger charge is 2.12. The largest absolute Gasteiger partial charge is 0.432 e. The van der Waals surface area contributed by atoms with E-state index in [1.165, 1.54) is 17.7 Å². The fourth-order valence-electron chi connectivity index (χ4n) is 4.22. The number of rotatable bonds is 10. The van der Waals surface area contributed by atoms with Crippen LogP contribution in [0.5, 0.6) is 5.75 Å². The molecule has 4 rings (SSSR count). The molecule has 6 heteroatoms. The number of aryl methyl sites for hydroxylation is 5. The summed E-state index contributed by atoms with van der Waals surface area (Å²) in [6.07, 6.45) is 6.43. The van der Waals surface area contributed by atoms with Gasteiger partial charge in [-0.2, -0.15) is 8.78 Å². The van der Waals surface area contributed by atoms with Gasteiger partial charge in [-0.05, 0) is 77.9 Å². The molecule has 3 aromatic carbocycles. The number of fused-ring (bicyclic) bond motifs is 1. The molecule has 0 saturated carbocycles. The van der Waals surface area contributed by atoms with E-state index < -0.39 is 18.2 Å². The van der Waals surface area contributed by atoms with E-state index in [4.69, 9.17) is 0 Å². The lowest BCUT2D eigenvalue weighted by Gasteiger charge is -2.10. The standard InChI is InChI=1S/C29H27F4NO/c1-2-3-21-6-13-24(34-18-21)12-5-19-7-14-25-23(16-19)11-10-22(28(25)31)9-4-20-8-15-27(26(30)17-20)35-29(32)33/h6-8,10-11,13-18,29H,2-5,9,12H2,1H3. The van der Waals surface area contributed by atoms with Gasteiger partial charge in [-0.15, -0.1) is 0 Å². The highest BCUT2D eigenvalue weighted by Crippen LogP contribution is 2.25. The first kappa shape index (κ1) is 24.7. The summed E-state index contributed by atoms with van der Waals surface area (Å²) in [6.45, 7) is -0.938. The lowest BCUT2D eigenvalue weighted by atomic mass is 9.97. The van der Waals surface area contributed by atoms with Gasteiger partial charge in [0, 0.05) is 17.3 Å². The van der Waals surface area contributed by atoms with Gasteiger partial charge in [0.15, 0.2) is 11.6 Å². The normalized spacial score (nSPS) is 11.4. The second-order valence-corrected chi connectivity index (χ2v) is 8.65. The van der Waals surface area contributed by atoms with Crippen molar-refractivity contribution in [2.24, 2.45) is 0 Å². The van der Waals surface area contributed by atoms with Gasteiger partial charge in [0.25, 0.3) is 0 Å². The van der Waals surface area contributed by atoms with Crippen LogP contribution in [0.15, 0.2) is 66.9 Å². The molecule has 0 atom stereocenters. The monoisotopic (exact) mass is 481 g/mol. The van der Waals surface area contributed by atoms with Crippen LogP contribution in [0, 0.1) is 11.6 Å². The Hall–Kier alpha value is -3.41. The molecule has 2 nitrogen and oxygen atoms in total. The number of pyridine rings is 1. The summed E-state index contributed by atoms with van der Waals surface area (Å²) in [4.78, 5) is 4.54. The number of ether oxygens (including phenoxy) is 1. The Labute approximate surface area is 202 Å². The predicted octanol–water partition coefficient (Wildman–Crippen LogP) is 7.64. The third-order valence-electron chi connectivity index (χ3n) is 6.09. The van der Waals surface area contributed by atoms with Crippen molar-refractivity contribution in [3.63, 3.8) is 0 Å². The molecule has 0 spiro atoms. The number of alkyl halides is 2. The molecular formula is C29H27F4NO. The Balaban J connectivity index is 1.41. The van der Waals surface area contributed by atoms with E-state index in [9.17, 15) is 13.2 Å². The van der Waals surface area contributed by atoms with Crippen LogP contribution < -0.4 is 4.74 Å². The maximum absolute atomic E-state index is 15.2. The van der Waals surface area contributed by atoms with Crippen molar-refractivity contribution in [2.45, 2.75) is 52.1 Å². The third kappa shape index (κ3) is 6.38. The average Bonchev–Trinajstić information content (AvgIpc) is 2.85. The van der Waals surface area contributed by atoms with Gasteiger partial charge in [-0.3, -0.25) is 4.98 Å². The first-order valence-electron chi connectivity index (χ1n) is 11.8. The Bertz CT molecular complexity index is 1290. The average molecular weight is 482 g/mol. The van der Waals surface area contributed by atoms with Crippen LogP contribution in [-0.4, -0.2) is 11.6 Å². The number of nitrogens with zero attached hydrogens (tertiary/aromatic N) is 1. The number of hydrogen-bond acceptors (Lipinski definition) is 2. The number of aromatic nitrogens is 1. The maximum Gasteiger partial charge on any atom is 0.387 e. The van der Waals surface area contributed by atoms with Gasteiger partial charge in [-0.1, -0.05) is 55.8 Å². The van der Waals surface area contributed by atoms with Crippen molar-refractivity contribution >= 4 is 10.8 Å². The molecule has 35 heavy (non-hydrogen) atoms. The maximum atomic E-state index is 15.2. The second kappa shape index (κ2) is 11.3. The van der Waals surface area contributed by atoms with Gasteiger partial charge in [0.2, 0.25) is 0 Å². The minimum absolute atomic E-state index is 0.291. The highest BCUT2D eigenvalue weighted by molar-refractivity contribution is 5.84. The summed E-state index contributed by atoms with van der Waals surface area (Å²) in [5.41, 5.74) is 4.50. The van der Waals surface area contributed by atoms with Crippen LogP contribution in [0.1, 0.15) is 41.3 Å². The number of hydrogen-bond donors (Lipinski definition) is 0. The van der Waals surface area contributed by atoms with E-state index in [1.54, 1.807) is 12.1 Å². The van der Waals surface area contributed by atoms with E-state index in [0.29, 0.717) is 29.4 Å². The summed E-state index contributed by atoms with van der Waals surface area (Å²) in [5.74, 6) is -1.65. The molecule has 0 fully saturated rings. The van der Waals surface area contributed by atoms with E-state index >= 15 is 4.39 Å². The first-order valence-corrected chi connectivity index (χ1v) is 11.8. The minimum Gasteiger partial charge on any atom is -0.432 e. The molecule has 0 unspecified atom stereocenters. The molecule has 4 aromatic rings. The zero-order chi connectivity index (χ0) is 24.8. The van der Waals surface area contributed by atoms with Gasteiger partial charge < -0.3 is 4.74 Å². The Morgan fingerprint density at radius 1 is 0.771 bits per heavy atom. The van der Waals surface area contributed by atoms with Crippen molar-refractivity contribution in [2.75, 3.05) is 0 Å². The van der Waals surface area contributed by atoms with Crippen LogP contribution in [0.4, 0.5) is 17.6 Å². The quantitative estimate of drug-likeness (QED) is 0.217. The van der Waals surface area contributed by atoms with Crippen molar-refractivity contribution < 1.29 is 22.3 Å². The summed E-state index contributed by atoms with van der Waals surface area (Å²) in [5, 5.41) is 1.37. The number of halogens is 4. The molecule has 1 aromatic heterocycles. The Morgan fingerprint density at radius 2 is 1.51 bits per heavy atom. The minimum atomic E-state index is -3.09. The summed E-state index contributed by atoms with van der Waals surface area (Å²) < 4.78 is 57.8. The van der Waals surface area contributed by atoms with Crippen molar-refractivity contribution in [1.29, 1.82) is 0 Å². The van der Waals surface area contributed by atoms with Crippen LogP contribution in [0.25, 0.3) is 10.8 Å². The Kier molecular flexibility index (Phi) is 8.01. The van der Waals surface area contributed by atoms with Gasteiger partial charge in [0.05, 0.1) is 0 Å². The smallest absolute Gasteiger partial charge is 0.387 e. The molecule has 0 bridgehead atoms. The van der Waals surface area contributed by atoms with Crippen molar-refractivity contribution in [3.05, 3.63) is 106 Å². The van der Waals surface area contributed by atoms with Crippen LogP contribution in [-0.2, 0) is 32.1 Å². The molecule has 0 aliphatic carbocycles. The predicted molar refractivity (Wildman–Crippen MR) is 130 cm³/mol. The molecule has 1 heterocycles. The zero-order valence-corrected chi connectivity index (χ0v) is 19.5. The zero-order valence-electron chi connectivity index (χ0n) is 19.5. The summed E-state index contributed by atoms with van der Waals surface area (Å²) in [6, 6.07) is 17.4. The number of benzene rings is 3. The fourth-order valence-corrected chi connectivity index (χ4v) is 4.22. The highest BCUT2D eigenvalue weighted by atomic mass is 19.3. The van der Waals surface area contributed by atoms with E-state index in [-0.39, 0.29) is 5.82 Å². The SMILES string of the molecule is CCCc1ccc(CCc2ccc3c(F)c(CCc4ccc(OC(F)F)c(F)c4)ccc3c2)nc1.